The fourth-order valence-corrected chi connectivity index (χ4v) is 1.42. The third-order valence-corrected chi connectivity index (χ3v) is 2.32. The third kappa shape index (κ3) is 2.35. The van der Waals surface area contributed by atoms with Gasteiger partial charge in [-0.25, -0.2) is 9.37 Å². The van der Waals surface area contributed by atoms with Crippen LogP contribution in [0.25, 0.3) is 0 Å². The van der Waals surface area contributed by atoms with Gasteiger partial charge in [-0.05, 0) is 24.3 Å². The molecule has 0 spiro atoms. The van der Waals surface area contributed by atoms with Gasteiger partial charge in [0, 0.05) is 6.20 Å². The van der Waals surface area contributed by atoms with E-state index in [0.717, 1.165) is 0 Å². The summed E-state index contributed by atoms with van der Waals surface area (Å²) in [6.07, 6.45) is 1.51. The number of aromatic nitrogens is 1. The predicted octanol–water partition coefficient (Wildman–Crippen LogP) is 3.54. The van der Waals surface area contributed by atoms with Crippen molar-refractivity contribution in [1.82, 2.24) is 4.98 Å². The highest BCUT2D eigenvalue weighted by molar-refractivity contribution is 6.30. The SMILES string of the molecule is N#Cc1c(F)cccc1Oc1cccnc1Cl. The Morgan fingerprint density at radius 3 is 2.71 bits per heavy atom. The Balaban J connectivity index is 2.41. The monoisotopic (exact) mass is 248 g/mol. The molecule has 1 aromatic carbocycles. The number of halogens is 2. The molecule has 0 radical (unpaired) electrons. The first-order valence-corrected chi connectivity index (χ1v) is 5.07. The number of hydrogen-bond donors (Lipinski definition) is 0. The Morgan fingerprint density at radius 1 is 1.24 bits per heavy atom. The molecular weight excluding hydrogens is 243 g/mol. The van der Waals surface area contributed by atoms with Crippen molar-refractivity contribution < 1.29 is 9.13 Å². The van der Waals surface area contributed by atoms with Gasteiger partial charge in [-0.1, -0.05) is 17.7 Å². The van der Waals surface area contributed by atoms with Gasteiger partial charge in [0.2, 0.25) is 0 Å². The molecular formula is C12H6ClFN2O. The van der Waals surface area contributed by atoms with Crippen molar-refractivity contribution in [1.29, 1.82) is 5.26 Å². The number of pyridine rings is 1. The van der Waals surface area contributed by atoms with Crippen LogP contribution in [0.2, 0.25) is 5.15 Å². The maximum Gasteiger partial charge on any atom is 0.171 e. The third-order valence-electron chi connectivity index (χ3n) is 2.03. The summed E-state index contributed by atoms with van der Waals surface area (Å²) in [6.45, 7) is 0. The summed E-state index contributed by atoms with van der Waals surface area (Å²) >= 11 is 5.80. The number of rotatable bonds is 2. The van der Waals surface area contributed by atoms with Crippen molar-refractivity contribution in [3.05, 3.63) is 53.1 Å². The average Bonchev–Trinajstić information content (AvgIpc) is 2.32. The van der Waals surface area contributed by atoms with Gasteiger partial charge in [-0.2, -0.15) is 5.26 Å². The molecule has 2 aromatic rings. The zero-order chi connectivity index (χ0) is 12.3. The first-order chi connectivity index (χ1) is 8.22. The molecule has 0 unspecified atom stereocenters. The van der Waals surface area contributed by atoms with E-state index in [2.05, 4.69) is 4.98 Å². The molecule has 0 N–H and O–H groups in total. The number of nitriles is 1. The summed E-state index contributed by atoms with van der Waals surface area (Å²) in [5.41, 5.74) is -0.160. The van der Waals surface area contributed by atoms with Gasteiger partial charge in [0.25, 0.3) is 0 Å². The highest BCUT2D eigenvalue weighted by Gasteiger charge is 2.11. The van der Waals surface area contributed by atoms with Crippen LogP contribution in [0.3, 0.4) is 0 Å². The van der Waals surface area contributed by atoms with Gasteiger partial charge in [-0.15, -0.1) is 0 Å². The van der Waals surface area contributed by atoms with Crippen LogP contribution in [0.5, 0.6) is 11.5 Å². The van der Waals surface area contributed by atoms with E-state index >= 15 is 0 Å². The van der Waals surface area contributed by atoms with Gasteiger partial charge >= 0.3 is 0 Å². The molecule has 0 saturated carbocycles. The normalized spacial score (nSPS) is 9.71. The fraction of sp³-hybridized carbons (Fsp3) is 0. The second-order valence-corrected chi connectivity index (χ2v) is 3.48. The molecule has 1 heterocycles. The summed E-state index contributed by atoms with van der Waals surface area (Å²) in [7, 11) is 0. The largest absolute Gasteiger partial charge is 0.453 e. The maximum atomic E-state index is 13.3. The van der Waals surface area contributed by atoms with Gasteiger partial charge < -0.3 is 4.74 Å². The molecule has 0 aliphatic rings. The molecule has 0 amide bonds. The number of ether oxygens (including phenoxy) is 1. The summed E-state index contributed by atoms with van der Waals surface area (Å²) in [5.74, 6) is -0.247. The van der Waals surface area contributed by atoms with E-state index in [4.69, 9.17) is 21.6 Å². The molecule has 2 rings (SSSR count). The van der Waals surface area contributed by atoms with Crippen molar-refractivity contribution in [2.45, 2.75) is 0 Å². The van der Waals surface area contributed by atoms with E-state index in [0.29, 0.717) is 0 Å². The van der Waals surface area contributed by atoms with Crippen LogP contribution in [0.4, 0.5) is 4.39 Å². The minimum absolute atomic E-state index is 0.113. The Bertz CT molecular complexity index is 595. The Morgan fingerprint density at radius 2 is 2.00 bits per heavy atom. The topological polar surface area (TPSA) is 45.9 Å². The molecule has 5 heteroatoms. The second kappa shape index (κ2) is 4.81. The standard InChI is InChI=1S/C12H6ClFN2O/c13-12-11(5-2-6-16-12)17-10-4-1-3-9(14)8(10)7-15/h1-6H. The summed E-state index contributed by atoms with van der Waals surface area (Å²) in [5, 5.41) is 8.98. The number of benzene rings is 1. The minimum atomic E-state index is -0.634. The van der Waals surface area contributed by atoms with Gasteiger partial charge in [0.05, 0.1) is 0 Å². The number of hydrogen-bond acceptors (Lipinski definition) is 3. The zero-order valence-corrected chi connectivity index (χ0v) is 9.28. The summed E-state index contributed by atoms with van der Waals surface area (Å²) in [6, 6.07) is 9.09. The van der Waals surface area contributed by atoms with Crippen LogP contribution in [-0.4, -0.2) is 4.98 Å². The highest BCUT2D eigenvalue weighted by Crippen LogP contribution is 2.30. The van der Waals surface area contributed by atoms with E-state index in [1.165, 1.54) is 24.4 Å². The van der Waals surface area contributed by atoms with Crippen molar-refractivity contribution in [2.75, 3.05) is 0 Å². The fourth-order valence-electron chi connectivity index (χ4n) is 1.26. The lowest BCUT2D eigenvalue weighted by atomic mass is 10.2. The van der Waals surface area contributed by atoms with E-state index < -0.39 is 5.82 Å². The van der Waals surface area contributed by atoms with Crippen LogP contribution < -0.4 is 4.74 Å². The molecule has 3 nitrogen and oxygen atoms in total. The molecule has 1 aromatic heterocycles. The van der Waals surface area contributed by atoms with Crippen LogP contribution in [0.1, 0.15) is 5.56 Å². The zero-order valence-electron chi connectivity index (χ0n) is 8.52. The molecule has 0 atom stereocenters. The smallest absolute Gasteiger partial charge is 0.171 e. The van der Waals surface area contributed by atoms with Gasteiger partial charge in [0.1, 0.15) is 23.2 Å². The van der Waals surface area contributed by atoms with E-state index in [-0.39, 0.29) is 22.2 Å². The first kappa shape index (κ1) is 11.4. The summed E-state index contributed by atoms with van der Waals surface area (Å²) in [4.78, 5) is 3.82. The van der Waals surface area contributed by atoms with Crippen molar-refractivity contribution >= 4 is 11.6 Å². The molecule has 0 aliphatic carbocycles. The van der Waals surface area contributed by atoms with Crippen LogP contribution >= 0.6 is 11.6 Å². The lowest BCUT2D eigenvalue weighted by Crippen LogP contribution is -1.92. The van der Waals surface area contributed by atoms with E-state index in [1.807, 2.05) is 0 Å². The average molecular weight is 249 g/mol. The summed E-state index contributed by atoms with van der Waals surface area (Å²) < 4.78 is 18.7. The van der Waals surface area contributed by atoms with Crippen LogP contribution in [0, 0.1) is 17.1 Å². The molecule has 0 bridgehead atoms. The predicted molar refractivity (Wildman–Crippen MR) is 60.4 cm³/mol. The van der Waals surface area contributed by atoms with Crippen molar-refractivity contribution in [3.8, 4) is 17.6 Å². The maximum absolute atomic E-state index is 13.3. The first-order valence-electron chi connectivity index (χ1n) is 4.69. The second-order valence-electron chi connectivity index (χ2n) is 3.12. The lowest BCUT2D eigenvalue weighted by Gasteiger charge is -2.08. The Labute approximate surface area is 102 Å². The highest BCUT2D eigenvalue weighted by atomic mass is 35.5. The minimum Gasteiger partial charge on any atom is -0.453 e. The quantitative estimate of drug-likeness (QED) is 0.764. The number of nitrogens with zero attached hydrogens (tertiary/aromatic N) is 2. The molecule has 0 fully saturated rings. The van der Waals surface area contributed by atoms with Crippen LogP contribution in [-0.2, 0) is 0 Å². The Hall–Kier alpha value is -2.12. The Kier molecular flexibility index (Phi) is 3.22. The van der Waals surface area contributed by atoms with E-state index in [1.54, 1.807) is 18.2 Å². The molecule has 17 heavy (non-hydrogen) atoms. The van der Waals surface area contributed by atoms with Gasteiger partial charge in [0.15, 0.2) is 10.9 Å². The van der Waals surface area contributed by atoms with Gasteiger partial charge in [-0.3, -0.25) is 0 Å². The molecule has 84 valence electrons. The van der Waals surface area contributed by atoms with Crippen LogP contribution in [0.15, 0.2) is 36.5 Å². The molecule has 0 saturated heterocycles. The van der Waals surface area contributed by atoms with Crippen molar-refractivity contribution in [3.63, 3.8) is 0 Å². The van der Waals surface area contributed by atoms with Crippen molar-refractivity contribution in [2.24, 2.45) is 0 Å². The van der Waals surface area contributed by atoms with E-state index in [9.17, 15) is 4.39 Å². The molecule has 0 aliphatic heterocycles. The lowest BCUT2D eigenvalue weighted by molar-refractivity contribution is 0.472.